The average Bonchev–Trinajstić information content (AvgIpc) is 2.46. The van der Waals surface area contributed by atoms with E-state index < -0.39 is 17.5 Å². The van der Waals surface area contributed by atoms with Crippen LogP contribution in [0.4, 0.5) is 13.2 Å². The highest BCUT2D eigenvalue weighted by Crippen LogP contribution is 2.22. The molecule has 0 aliphatic rings. The fourth-order valence-electron chi connectivity index (χ4n) is 2.22. The molecule has 1 unspecified atom stereocenters. The van der Waals surface area contributed by atoms with E-state index in [2.05, 4.69) is 5.32 Å². The molecule has 2 aromatic carbocycles. The minimum atomic E-state index is -0.583. The second-order valence-electron chi connectivity index (χ2n) is 4.81. The number of halogens is 4. The van der Waals surface area contributed by atoms with Gasteiger partial charge in [-0.25, -0.2) is 13.2 Å². The van der Waals surface area contributed by atoms with Crippen LogP contribution in [0, 0.1) is 17.5 Å². The van der Waals surface area contributed by atoms with Gasteiger partial charge in [0.2, 0.25) is 0 Å². The van der Waals surface area contributed by atoms with Crippen LogP contribution >= 0.6 is 11.6 Å². The first-order chi connectivity index (χ1) is 10.0. The molecule has 21 heavy (non-hydrogen) atoms. The fraction of sp³-hybridized carbons (Fsp3) is 0.250. The summed E-state index contributed by atoms with van der Waals surface area (Å²) in [6, 6.07) is 8.06. The predicted molar refractivity (Wildman–Crippen MR) is 78.0 cm³/mol. The van der Waals surface area contributed by atoms with Crippen LogP contribution in [-0.4, -0.2) is 13.1 Å². The van der Waals surface area contributed by atoms with Crippen molar-refractivity contribution in [3.05, 3.63) is 70.0 Å². The highest BCUT2D eigenvalue weighted by atomic mass is 35.5. The Balaban J connectivity index is 2.19. The lowest BCUT2D eigenvalue weighted by atomic mass is 9.98. The van der Waals surface area contributed by atoms with Crippen LogP contribution in [-0.2, 0) is 12.8 Å². The topological polar surface area (TPSA) is 12.0 Å². The minimum Gasteiger partial charge on any atom is -0.316 e. The number of nitrogens with one attached hydrogen (secondary N) is 1. The summed E-state index contributed by atoms with van der Waals surface area (Å²) >= 11 is 5.91. The smallest absolute Gasteiger partial charge is 0.142 e. The number of rotatable bonds is 5. The average molecular weight is 314 g/mol. The van der Waals surface area contributed by atoms with Crippen molar-refractivity contribution in [3.63, 3.8) is 0 Å². The summed E-state index contributed by atoms with van der Waals surface area (Å²) < 4.78 is 40.8. The molecule has 0 amide bonds. The van der Waals surface area contributed by atoms with E-state index in [4.69, 9.17) is 11.6 Å². The molecule has 0 fully saturated rings. The van der Waals surface area contributed by atoms with Crippen LogP contribution in [0.5, 0.6) is 0 Å². The molecule has 2 aromatic rings. The monoisotopic (exact) mass is 313 g/mol. The predicted octanol–water partition coefficient (Wildman–Crippen LogP) is 4.13. The summed E-state index contributed by atoms with van der Waals surface area (Å²) in [7, 11) is 1.69. The first-order valence-electron chi connectivity index (χ1n) is 6.56. The van der Waals surface area contributed by atoms with Crippen LogP contribution in [0.15, 0.2) is 36.4 Å². The Morgan fingerprint density at radius 2 is 1.52 bits per heavy atom. The Morgan fingerprint density at radius 3 is 2.14 bits per heavy atom. The van der Waals surface area contributed by atoms with Gasteiger partial charge in [-0.1, -0.05) is 29.8 Å². The fourth-order valence-corrected chi connectivity index (χ4v) is 2.42. The molecule has 1 nitrogen and oxygen atoms in total. The van der Waals surface area contributed by atoms with Gasteiger partial charge in [0, 0.05) is 11.6 Å². The molecular weight excluding hydrogens is 299 g/mol. The summed E-state index contributed by atoms with van der Waals surface area (Å²) in [5, 5.41) is 3.03. The van der Waals surface area contributed by atoms with Crippen molar-refractivity contribution in [1.82, 2.24) is 5.32 Å². The van der Waals surface area contributed by atoms with Gasteiger partial charge in [0.1, 0.15) is 17.5 Å². The largest absolute Gasteiger partial charge is 0.316 e. The number of benzene rings is 2. The first kappa shape index (κ1) is 15.9. The van der Waals surface area contributed by atoms with Gasteiger partial charge in [0.05, 0.1) is 5.02 Å². The van der Waals surface area contributed by atoms with Crippen LogP contribution in [0.1, 0.15) is 11.1 Å². The van der Waals surface area contributed by atoms with E-state index in [1.165, 1.54) is 24.3 Å². The molecule has 2 rings (SSSR count). The quantitative estimate of drug-likeness (QED) is 0.875. The molecule has 0 radical (unpaired) electrons. The number of hydrogen-bond acceptors (Lipinski definition) is 1. The van der Waals surface area contributed by atoms with E-state index in [0.717, 1.165) is 0 Å². The molecule has 0 aliphatic heterocycles. The Labute approximate surface area is 126 Å². The minimum absolute atomic E-state index is 0.0179. The summed E-state index contributed by atoms with van der Waals surface area (Å²) in [5.74, 6) is -1.66. The molecule has 0 aromatic heterocycles. The molecular formula is C16H15ClF3N. The Kier molecular flexibility index (Phi) is 5.26. The van der Waals surface area contributed by atoms with E-state index in [9.17, 15) is 13.2 Å². The second-order valence-corrected chi connectivity index (χ2v) is 5.18. The maximum absolute atomic E-state index is 13.7. The molecule has 5 heteroatoms. The van der Waals surface area contributed by atoms with Gasteiger partial charge in [-0.3, -0.25) is 0 Å². The van der Waals surface area contributed by atoms with Gasteiger partial charge in [-0.05, 0) is 43.7 Å². The van der Waals surface area contributed by atoms with Crippen molar-refractivity contribution in [2.75, 3.05) is 7.05 Å². The van der Waals surface area contributed by atoms with Gasteiger partial charge in [0.25, 0.3) is 0 Å². The molecule has 0 bridgehead atoms. The standard InChI is InChI=1S/C16H15ClF3N/c1-21-11(8-10-4-2-7-15(20)16(10)17)9-12-13(18)5-3-6-14(12)19/h2-7,11,21H,8-9H2,1H3. The molecule has 0 heterocycles. The van der Waals surface area contributed by atoms with Gasteiger partial charge in [-0.2, -0.15) is 0 Å². The zero-order chi connectivity index (χ0) is 15.4. The third kappa shape index (κ3) is 3.77. The van der Waals surface area contributed by atoms with E-state index in [1.54, 1.807) is 19.2 Å². The maximum atomic E-state index is 13.7. The van der Waals surface area contributed by atoms with Gasteiger partial charge in [-0.15, -0.1) is 0 Å². The van der Waals surface area contributed by atoms with Crippen molar-refractivity contribution in [3.8, 4) is 0 Å². The lowest BCUT2D eigenvalue weighted by Crippen LogP contribution is -2.30. The number of hydrogen-bond donors (Lipinski definition) is 1. The molecule has 0 saturated heterocycles. The second kappa shape index (κ2) is 6.96. The van der Waals surface area contributed by atoms with Crippen molar-refractivity contribution < 1.29 is 13.2 Å². The zero-order valence-corrected chi connectivity index (χ0v) is 12.2. The van der Waals surface area contributed by atoms with Crippen molar-refractivity contribution in [1.29, 1.82) is 0 Å². The summed E-state index contributed by atoms with van der Waals surface area (Å²) in [5.41, 5.74) is 0.622. The summed E-state index contributed by atoms with van der Waals surface area (Å²) in [6.45, 7) is 0. The molecule has 1 atom stereocenters. The molecule has 1 N–H and O–H groups in total. The Morgan fingerprint density at radius 1 is 0.952 bits per heavy atom. The van der Waals surface area contributed by atoms with Crippen molar-refractivity contribution >= 4 is 11.6 Å². The molecule has 0 spiro atoms. The molecule has 112 valence electrons. The van der Waals surface area contributed by atoms with Gasteiger partial charge in [0.15, 0.2) is 0 Å². The Hall–Kier alpha value is -1.52. The summed E-state index contributed by atoms with van der Waals surface area (Å²) in [6.07, 6.45) is 0.530. The number of likely N-dealkylation sites (N-methyl/N-ethyl adjacent to an activating group) is 1. The van der Waals surface area contributed by atoms with Crippen LogP contribution in [0.3, 0.4) is 0 Å². The third-order valence-corrected chi connectivity index (χ3v) is 3.84. The van der Waals surface area contributed by atoms with Gasteiger partial charge >= 0.3 is 0 Å². The molecule has 0 aliphatic carbocycles. The highest BCUT2D eigenvalue weighted by Gasteiger charge is 2.17. The lowest BCUT2D eigenvalue weighted by Gasteiger charge is -2.18. The highest BCUT2D eigenvalue weighted by molar-refractivity contribution is 6.31. The Bertz CT molecular complexity index is 611. The van der Waals surface area contributed by atoms with Crippen molar-refractivity contribution in [2.24, 2.45) is 0 Å². The SMILES string of the molecule is CNC(Cc1cccc(F)c1Cl)Cc1c(F)cccc1F. The van der Waals surface area contributed by atoms with Gasteiger partial charge < -0.3 is 5.32 Å². The third-order valence-electron chi connectivity index (χ3n) is 3.42. The van der Waals surface area contributed by atoms with Crippen LogP contribution in [0.2, 0.25) is 5.02 Å². The lowest BCUT2D eigenvalue weighted by molar-refractivity contribution is 0.501. The van der Waals surface area contributed by atoms with Crippen LogP contribution < -0.4 is 5.32 Å². The first-order valence-corrected chi connectivity index (χ1v) is 6.93. The van der Waals surface area contributed by atoms with E-state index in [0.29, 0.717) is 12.0 Å². The van der Waals surface area contributed by atoms with E-state index in [-0.39, 0.29) is 23.0 Å². The van der Waals surface area contributed by atoms with Crippen molar-refractivity contribution in [2.45, 2.75) is 18.9 Å². The van der Waals surface area contributed by atoms with Crippen LogP contribution in [0.25, 0.3) is 0 Å². The van der Waals surface area contributed by atoms with E-state index in [1.807, 2.05) is 0 Å². The normalized spacial score (nSPS) is 12.4. The summed E-state index contributed by atoms with van der Waals surface area (Å²) in [4.78, 5) is 0. The maximum Gasteiger partial charge on any atom is 0.142 e. The molecule has 0 saturated carbocycles. The van der Waals surface area contributed by atoms with E-state index >= 15 is 0 Å². The zero-order valence-electron chi connectivity index (χ0n) is 11.5.